The first kappa shape index (κ1) is 23.3. The Hall–Kier alpha value is -2.38. The fourth-order valence-corrected chi connectivity index (χ4v) is 4.38. The first-order chi connectivity index (χ1) is 15.0. The molecule has 1 unspecified atom stereocenters. The van der Waals surface area contributed by atoms with Gasteiger partial charge in [-0.05, 0) is 89.0 Å². The minimum atomic E-state index is -0.128. The van der Waals surface area contributed by atoms with Gasteiger partial charge in [0.2, 0.25) is 0 Å². The number of hydrogen-bond donors (Lipinski definition) is 1. The third-order valence-corrected chi connectivity index (χ3v) is 6.38. The van der Waals surface area contributed by atoms with E-state index < -0.39 is 0 Å². The lowest BCUT2D eigenvalue weighted by molar-refractivity contribution is 0.401. The van der Waals surface area contributed by atoms with Crippen LogP contribution in [0.3, 0.4) is 0 Å². The maximum Gasteiger partial charge on any atom is 0.0991 e. The highest BCUT2D eigenvalue weighted by Crippen LogP contribution is 2.29. The number of rotatable bonds is 8. The summed E-state index contributed by atoms with van der Waals surface area (Å²) in [5.41, 5.74) is 4.00. The molecule has 3 nitrogen and oxygen atoms in total. The lowest BCUT2D eigenvalue weighted by Gasteiger charge is -2.30. The van der Waals surface area contributed by atoms with E-state index in [1.165, 1.54) is 9.13 Å². The summed E-state index contributed by atoms with van der Waals surface area (Å²) in [6, 6.07) is 28.5. The van der Waals surface area contributed by atoms with Crippen molar-refractivity contribution >= 4 is 34.2 Å². The summed E-state index contributed by atoms with van der Waals surface area (Å²) in [4.78, 5) is 0. The SMILES string of the molecule is C[C@H](NC(CC#N)c1cccc(Cl)c1)[C@@H](Cc1ccc(I)cc1)c1cccc(C#N)c1. The van der Waals surface area contributed by atoms with Crippen LogP contribution >= 0.6 is 34.2 Å². The van der Waals surface area contributed by atoms with Crippen LogP contribution in [0.1, 0.15) is 47.6 Å². The van der Waals surface area contributed by atoms with E-state index in [9.17, 15) is 10.5 Å². The van der Waals surface area contributed by atoms with Gasteiger partial charge in [-0.2, -0.15) is 10.5 Å². The fourth-order valence-electron chi connectivity index (χ4n) is 3.82. The molecule has 0 aromatic heterocycles. The third kappa shape index (κ3) is 6.55. The predicted octanol–water partition coefficient (Wildman–Crippen LogP) is 6.78. The minimum Gasteiger partial charge on any atom is -0.306 e. The Balaban J connectivity index is 1.91. The molecule has 3 aromatic rings. The Morgan fingerprint density at radius 2 is 1.68 bits per heavy atom. The fraction of sp³-hybridized carbons (Fsp3) is 0.231. The summed E-state index contributed by atoms with van der Waals surface area (Å²) < 4.78 is 1.20. The Labute approximate surface area is 202 Å². The quantitative estimate of drug-likeness (QED) is 0.321. The zero-order valence-corrected chi connectivity index (χ0v) is 20.1. The van der Waals surface area contributed by atoms with E-state index >= 15 is 0 Å². The van der Waals surface area contributed by atoms with Crippen LogP contribution in [0.4, 0.5) is 0 Å². The summed E-state index contributed by atoms with van der Waals surface area (Å²) in [5.74, 6) is 0.133. The van der Waals surface area contributed by atoms with Crippen molar-refractivity contribution in [3.63, 3.8) is 0 Å². The molecule has 0 bridgehead atoms. The van der Waals surface area contributed by atoms with Crippen LogP contribution in [0.2, 0.25) is 5.02 Å². The largest absolute Gasteiger partial charge is 0.306 e. The zero-order valence-electron chi connectivity index (χ0n) is 17.2. The number of benzene rings is 3. The van der Waals surface area contributed by atoms with Crippen molar-refractivity contribution in [2.45, 2.75) is 37.8 Å². The summed E-state index contributed by atoms with van der Waals surface area (Å²) in [7, 11) is 0. The molecule has 3 aromatic carbocycles. The zero-order chi connectivity index (χ0) is 22.2. The first-order valence-electron chi connectivity index (χ1n) is 10.1. The smallest absolute Gasteiger partial charge is 0.0991 e. The number of nitrogens with zero attached hydrogens (tertiary/aromatic N) is 2. The number of nitrogens with one attached hydrogen (secondary N) is 1. The van der Waals surface area contributed by atoms with Crippen molar-refractivity contribution in [3.05, 3.63) is 104 Å². The van der Waals surface area contributed by atoms with Gasteiger partial charge in [-0.15, -0.1) is 0 Å². The molecule has 31 heavy (non-hydrogen) atoms. The molecule has 0 aliphatic rings. The van der Waals surface area contributed by atoms with E-state index in [1.54, 1.807) is 0 Å². The molecule has 0 saturated heterocycles. The van der Waals surface area contributed by atoms with Crippen molar-refractivity contribution in [1.82, 2.24) is 5.32 Å². The standard InChI is InChI=1S/C26H23ClIN3/c1-18(31-26(12-13-29)22-6-3-7-23(27)16-22)25(15-19-8-10-24(28)11-9-19)21-5-2-4-20(14-21)17-30/h2-11,14,16,18,25-26,31H,12,15H2,1H3/t18-,25+,26?/m0/s1. The molecule has 5 heteroatoms. The molecule has 0 heterocycles. The average molecular weight is 540 g/mol. The van der Waals surface area contributed by atoms with Crippen molar-refractivity contribution in [2.75, 3.05) is 0 Å². The van der Waals surface area contributed by atoms with Gasteiger partial charge >= 0.3 is 0 Å². The van der Waals surface area contributed by atoms with Crippen molar-refractivity contribution in [2.24, 2.45) is 0 Å². The normalized spacial score (nSPS) is 13.6. The monoisotopic (exact) mass is 539 g/mol. The van der Waals surface area contributed by atoms with E-state index in [0.717, 1.165) is 17.5 Å². The van der Waals surface area contributed by atoms with Crippen molar-refractivity contribution < 1.29 is 0 Å². The van der Waals surface area contributed by atoms with Gasteiger partial charge in [0.05, 0.1) is 24.1 Å². The van der Waals surface area contributed by atoms with Gasteiger partial charge in [0, 0.05) is 26.6 Å². The van der Waals surface area contributed by atoms with E-state index in [1.807, 2.05) is 42.5 Å². The molecule has 0 fully saturated rings. The molecule has 0 amide bonds. The highest BCUT2D eigenvalue weighted by molar-refractivity contribution is 14.1. The number of nitriles is 2. The third-order valence-electron chi connectivity index (χ3n) is 5.43. The summed E-state index contributed by atoms with van der Waals surface area (Å²) in [6.45, 7) is 2.14. The topological polar surface area (TPSA) is 59.6 Å². The Morgan fingerprint density at radius 1 is 0.968 bits per heavy atom. The Bertz CT molecular complexity index is 1100. The van der Waals surface area contributed by atoms with E-state index in [4.69, 9.17) is 11.6 Å². The van der Waals surface area contributed by atoms with Crippen LogP contribution in [0, 0.1) is 26.2 Å². The molecular weight excluding hydrogens is 517 g/mol. The van der Waals surface area contributed by atoms with Crippen LogP contribution in [-0.2, 0) is 6.42 Å². The summed E-state index contributed by atoms with van der Waals surface area (Å²) in [5, 5.41) is 23.1. The van der Waals surface area contributed by atoms with Gasteiger partial charge in [-0.25, -0.2) is 0 Å². The van der Waals surface area contributed by atoms with E-state index in [-0.39, 0.29) is 18.0 Å². The van der Waals surface area contributed by atoms with Gasteiger partial charge in [0.15, 0.2) is 0 Å². The van der Waals surface area contributed by atoms with Crippen LogP contribution in [0.5, 0.6) is 0 Å². The second-order valence-electron chi connectivity index (χ2n) is 7.60. The molecular formula is C26H23ClIN3. The molecule has 0 saturated carbocycles. The molecule has 0 aliphatic heterocycles. The van der Waals surface area contributed by atoms with Gasteiger partial charge in [0.1, 0.15) is 0 Å². The maximum absolute atomic E-state index is 9.41. The van der Waals surface area contributed by atoms with Gasteiger partial charge < -0.3 is 5.32 Å². The van der Waals surface area contributed by atoms with Crippen LogP contribution in [0.15, 0.2) is 72.8 Å². The molecule has 156 valence electrons. The summed E-state index contributed by atoms with van der Waals surface area (Å²) >= 11 is 8.50. The number of halogens is 2. The van der Waals surface area contributed by atoms with Crippen LogP contribution < -0.4 is 5.32 Å². The molecule has 0 radical (unpaired) electrons. The summed E-state index contributed by atoms with van der Waals surface area (Å²) in [6.07, 6.45) is 1.17. The maximum atomic E-state index is 9.41. The Morgan fingerprint density at radius 3 is 2.35 bits per heavy atom. The minimum absolute atomic E-state index is 0.0607. The second kappa shape index (κ2) is 11.3. The molecule has 3 rings (SSSR count). The molecule has 1 N–H and O–H groups in total. The Kier molecular flexibility index (Phi) is 8.49. The van der Waals surface area contributed by atoms with Gasteiger partial charge in [-0.3, -0.25) is 0 Å². The lowest BCUT2D eigenvalue weighted by atomic mass is 9.85. The van der Waals surface area contributed by atoms with E-state index in [2.05, 4.69) is 77.3 Å². The lowest BCUT2D eigenvalue weighted by Crippen LogP contribution is -2.36. The highest BCUT2D eigenvalue weighted by atomic mass is 127. The first-order valence-corrected chi connectivity index (χ1v) is 11.6. The second-order valence-corrected chi connectivity index (χ2v) is 9.28. The van der Waals surface area contributed by atoms with Gasteiger partial charge in [0.25, 0.3) is 0 Å². The molecule has 0 aliphatic carbocycles. The van der Waals surface area contributed by atoms with Gasteiger partial charge in [-0.1, -0.05) is 48.0 Å². The molecule has 0 spiro atoms. The predicted molar refractivity (Wildman–Crippen MR) is 134 cm³/mol. The molecule has 3 atom stereocenters. The van der Waals surface area contributed by atoms with Crippen LogP contribution in [-0.4, -0.2) is 6.04 Å². The van der Waals surface area contributed by atoms with E-state index in [0.29, 0.717) is 17.0 Å². The average Bonchev–Trinajstić information content (AvgIpc) is 2.78. The highest BCUT2D eigenvalue weighted by Gasteiger charge is 2.24. The van der Waals surface area contributed by atoms with Crippen molar-refractivity contribution in [3.8, 4) is 12.1 Å². The van der Waals surface area contributed by atoms with Crippen LogP contribution in [0.25, 0.3) is 0 Å². The number of hydrogen-bond acceptors (Lipinski definition) is 3. The van der Waals surface area contributed by atoms with Crippen molar-refractivity contribution in [1.29, 1.82) is 10.5 Å².